The molecule has 1 aromatic carbocycles. The molecule has 0 unspecified atom stereocenters. The summed E-state index contributed by atoms with van der Waals surface area (Å²) >= 11 is 0. The van der Waals surface area contributed by atoms with Crippen LogP contribution < -0.4 is 16.0 Å². The third-order valence-electron chi connectivity index (χ3n) is 4.77. The van der Waals surface area contributed by atoms with Crippen LogP contribution in [0.1, 0.15) is 50.2 Å². The Kier molecular flexibility index (Phi) is 8.29. The highest BCUT2D eigenvalue weighted by Crippen LogP contribution is 2.18. The van der Waals surface area contributed by atoms with Gasteiger partial charge in [0.05, 0.1) is 11.4 Å². The van der Waals surface area contributed by atoms with E-state index in [2.05, 4.69) is 20.9 Å². The molecule has 1 aromatic rings. The smallest absolute Gasteiger partial charge is 0.221 e. The molecule has 0 spiro atoms. The Balaban J connectivity index is 1.87. The van der Waals surface area contributed by atoms with E-state index in [9.17, 15) is 13.2 Å². The zero-order valence-electron chi connectivity index (χ0n) is 17.0. The van der Waals surface area contributed by atoms with Gasteiger partial charge in [-0.25, -0.2) is 13.4 Å². The molecule has 0 saturated heterocycles. The first kappa shape index (κ1) is 22.2. The molecule has 0 radical (unpaired) electrons. The molecular formula is C20H32N4O3S. The molecule has 3 N–H and O–H groups in total. The van der Waals surface area contributed by atoms with Gasteiger partial charge in [0.25, 0.3) is 0 Å². The van der Waals surface area contributed by atoms with E-state index in [-0.39, 0.29) is 5.91 Å². The summed E-state index contributed by atoms with van der Waals surface area (Å²) in [5, 5.41) is 9.42. The number of amides is 1. The van der Waals surface area contributed by atoms with Gasteiger partial charge >= 0.3 is 0 Å². The number of carbonyl (C=O) groups excluding carboxylic acids is 1. The molecule has 0 bridgehead atoms. The van der Waals surface area contributed by atoms with Gasteiger partial charge < -0.3 is 16.0 Å². The highest BCUT2D eigenvalue weighted by atomic mass is 32.2. The first-order chi connectivity index (χ1) is 13.3. The predicted molar refractivity (Wildman–Crippen MR) is 112 cm³/mol. The summed E-state index contributed by atoms with van der Waals surface area (Å²) in [4.78, 5) is 16.9. The second-order valence-electron chi connectivity index (χ2n) is 7.29. The van der Waals surface area contributed by atoms with Crippen LogP contribution in [-0.4, -0.2) is 45.7 Å². The van der Waals surface area contributed by atoms with Crippen LogP contribution in [0.3, 0.4) is 0 Å². The number of rotatable bonds is 8. The SMILES string of the molecule is CCNC(=NCc1ccc(S(C)(=O)=O)c(C)c1)NCCC(=O)NC1CCCC1. The van der Waals surface area contributed by atoms with Crippen LogP contribution in [0.4, 0.5) is 0 Å². The van der Waals surface area contributed by atoms with E-state index in [0.717, 1.165) is 24.0 Å². The molecule has 28 heavy (non-hydrogen) atoms. The number of hydrogen-bond acceptors (Lipinski definition) is 4. The normalized spacial score (nSPS) is 15.5. The lowest BCUT2D eigenvalue weighted by molar-refractivity contribution is -0.121. The van der Waals surface area contributed by atoms with E-state index in [1.807, 2.05) is 13.0 Å². The van der Waals surface area contributed by atoms with E-state index in [1.54, 1.807) is 19.1 Å². The largest absolute Gasteiger partial charge is 0.357 e. The molecule has 0 heterocycles. The number of guanidine groups is 1. The minimum atomic E-state index is -3.22. The van der Waals surface area contributed by atoms with Crippen LogP contribution >= 0.6 is 0 Å². The number of sulfone groups is 1. The summed E-state index contributed by atoms with van der Waals surface area (Å²) in [6.45, 7) is 5.42. The maximum Gasteiger partial charge on any atom is 0.221 e. The number of nitrogens with zero attached hydrogens (tertiary/aromatic N) is 1. The van der Waals surface area contributed by atoms with Gasteiger partial charge in [-0.2, -0.15) is 0 Å². The summed E-state index contributed by atoms with van der Waals surface area (Å²) in [5.41, 5.74) is 1.65. The Bertz CT molecular complexity index is 800. The van der Waals surface area contributed by atoms with Gasteiger partial charge in [-0.3, -0.25) is 4.79 Å². The number of nitrogens with one attached hydrogen (secondary N) is 3. The monoisotopic (exact) mass is 408 g/mol. The first-order valence-corrected chi connectivity index (χ1v) is 11.8. The highest BCUT2D eigenvalue weighted by Gasteiger charge is 2.16. The third-order valence-corrected chi connectivity index (χ3v) is 6.02. The van der Waals surface area contributed by atoms with E-state index >= 15 is 0 Å². The Morgan fingerprint density at radius 1 is 1.21 bits per heavy atom. The van der Waals surface area contributed by atoms with Crippen LogP contribution in [0, 0.1) is 6.92 Å². The van der Waals surface area contributed by atoms with Gasteiger partial charge in [0, 0.05) is 31.8 Å². The molecule has 8 heteroatoms. The van der Waals surface area contributed by atoms with Crippen molar-refractivity contribution in [3.63, 3.8) is 0 Å². The molecule has 1 amide bonds. The molecular weight excluding hydrogens is 376 g/mol. The van der Waals surface area contributed by atoms with Crippen molar-refractivity contribution in [2.24, 2.45) is 4.99 Å². The third kappa shape index (κ3) is 7.14. The summed E-state index contributed by atoms with van der Waals surface area (Å²) in [7, 11) is -3.22. The zero-order chi connectivity index (χ0) is 20.6. The Hall–Kier alpha value is -2.09. The number of hydrogen-bond donors (Lipinski definition) is 3. The van der Waals surface area contributed by atoms with Gasteiger partial charge in [-0.15, -0.1) is 0 Å². The van der Waals surface area contributed by atoms with Gasteiger partial charge in [0.1, 0.15) is 0 Å². The Morgan fingerprint density at radius 3 is 2.54 bits per heavy atom. The standard InChI is InChI=1S/C20H32N4O3S/c1-4-21-20(22-12-11-19(25)24-17-7-5-6-8-17)23-14-16-9-10-18(15(2)13-16)28(3,26)27/h9-10,13,17H,4-8,11-12,14H2,1-3H3,(H,24,25)(H2,21,22,23). The van der Waals surface area contributed by atoms with Crippen LogP contribution in [0.2, 0.25) is 0 Å². The zero-order valence-corrected chi connectivity index (χ0v) is 17.9. The van der Waals surface area contributed by atoms with E-state index in [0.29, 0.717) is 43.0 Å². The summed E-state index contributed by atoms with van der Waals surface area (Å²) in [5.74, 6) is 0.711. The lowest BCUT2D eigenvalue weighted by Gasteiger charge is -2.14. The van der Waals surface area contributed by atoms with Crippen molar-refractivity contribution in [1.82, 2.24) is 16.0 Å². The lowest BCUT2D eigenvalue weighted by atomic mass is 10.1. The van der Waals surface area contributed by atoms with E-state index in [4.69, 9.17) is 0 Å². The number of benzene rings is 1. The molecule has 1 aliphatic carbocycles. The molecule has 156 valence electrons. The molecule has 0 aliphatic heterocycles. The second-order valence-corrected chi connectivity index (χ2v) is 9.28. The quantitative estimate of drug-likeness (QED) is 0.451. The average molecular weight is 409 g/mol. The van der Waals surface area contributed by atoms with Gasteiger partial charge in [-0.1, -0.05) is 25.0 Å². The average Bonchev–Trinajstić information content (AvgIpc) is 3.11. The highest BCUT2D eigenvalue weighted by molar-refractivity contribution is 7.90. The molecule has 0 atom stereocenters. The minimum Gasteiger partial charge on any atom is -0.357 e. The second kappa shape index (κ2) is 10.5. The molecule has 0 aromatic heterocycles. The molecule has 7 nitrogen and oxygen atoms in total. The van der Waals surface area contributed by atoms with Crippen molar-refractivity contribution in [2.75, 3.05) is 19.3 Å². The maximum atomic E-state index is 12.0. The number of aryl methyl sites for hydroxylation is 1. The van der Waals surface area contributed by atoms with Crippen molar-refractivity contribution in [2.45, 2.75) is 63.4 Å². The molecule has 1 saturated carbocycles. The first-order valence-electron chi connectivity index (χ1n) is 9.90. The molecule has 1 fully saturated rings. The van der Waals surface area contributed by atoms with Crippen LogP contribution in [0.5, 0.6) is 0 Å². The van der Waals surface area contributed by atoms with Crippen LogP contribution in [-0.2, 0) is 21.2 Å². The maximum absolute atomic E-state index is 12.0. The lowest BCUT2D eigenvalue weighted by Crippen LogP contribution is -2.40. The predicted octanol–water partition coefficient (Wildman–Crippen LogP) is 1.90. The molecule has 1 aliphatic rings. The Labute approximate surface area is 168 Å². The Morgan fingerprint density at radius 2 is 1.93 bits per heavy atom. The van der Waals surface area contributed by atoms with Crippen molar-refractivity contribution >= 4 is 21.7 Å². The topological polar surface area (TPSA) is 99.7 Å². The van der Waals surface area contributed by atoms with Gasteiger partial charge in [-0.05, 0) is 43.9 Å². The molecule has 2 rings (SSSR count). The van der Waals surface area contributed by atoms with Crippen LogP contribution in [0.15, 0.2) is 28.1 Å². The van der Waals surface area contributed by atoms with E-state index < -0.39 is 9.84 Å². The minimum absolute atomic E-state index is 0.0715. The van der Waals surface area contributed by atoms with Crippen molar-refractivity contribution in [1.29, 1.82) is 0 Å². The fourth-order valence-electron chi connectivity index (χ4n) is 3.40. The van der Waals surface area contributed by atoms with Gasteiger partial charge in [0.2, 0.25) is 5.91 Å². The van der Waals surface area contributed by atoms with E-state index in [1.165, 1.54) is 19.1 Å². The fraction of sp³-hybridized carbons (Fsp3) is 0.600. The van der Waals surface area contributed by atoms with Crippen LogP contribution in [0.25, 0.3) is 0 Å². The summed E-state index contributed by atoms with van der Waals surface area (Å²) in [6.07, 6.45) is 6.18. The van der Waals surface area contributed by atoms with Crippen molar-refractivity contribution in [3.05, 3.63) is 29.3 Å². The summed E-state index contributed by atoms with van der Waals surface area (Å²) < 4.78 is 23.4. The number of carbonyl (C=O) groups is 1. The fourth-order valence-corrected chi connectivity index (χ4v) is 4.36. The number of aliphatic imine (C=N–C) groups is 1. The summed E-state index contributed by atoms with van der Waals surface area (Å²) in [6, 6.07) is 5.60. The van der Waals surface area contributed by atoms with Crippen molar-refractivity contribution < 1.29 is 13.2 Å². The van der Waals surface area contributed by atoms with Gasteiger partial charge in [0.15, 0.2) is 15.8 Å². The van der Waals surface area contributed by atoms with Crippen molar-refractivity contribution in [3.8, 4) is 0 Å².